The lowest BCUT2D eigenvalue weighted by atomic mass is 10.0. The monoisotopic (exact) mass is 387 g/mol. The second-order valence-electron chi connectivity index (χ2n) is 6.55. The summed E-state index contributed by atoms with van der Waals surface area (Å²) in [5.74, 6) is 0.907. The van der Waals surface area contributed by atoms with Crippen molar-refractivity contribution >= 4 is 22.6 Å². The molecule has 0 fully saturated rings. The van der Waals surface area contributed by atoms with Gasteiger partial charge in [0.05, 0.1) is 7.11 Å². The van der Waals surface area contributed by atoms with E-state index in [2.05, 4.69) is 4.90 Å². The molecule has 0 aliphatic rings. The quantitative estimate of drug-likeness (QED) is 0.637. The predicted molar refractivity (Wildman–Crippen MR) is 107 cm³/mol. The van der Waals surface area contributed by atoms with Crippen LogP contribution in [0.2, 0.25) is 5.02 Å². The number of halogens is 1. The molecule has 142 valence electrons. The van der Waals surface area contributed by atoms with E-state index in [1.807, 2.05) is 32.2 Å². The zero-order chi connectivity index (χ0) is 19.6. The highest BCUT2D eigenvalue weighted by molar-refractivity contribution is 6.30. The summed E-state index contributed by atoms with van der Waals surface area (Å²) in [5.41, 5.74) is 2.58. The Bertz CT molecular complexity index is 1030. The number of ether oxygens (including phenoxy) is 1. The first-order chi connectivity index (χ1) is 12.9. The van der Waals surface area contributed by atoms with E-state index in [0.29, 0.717) is 30.1 Å². The molecule has 0 saturated heterocycles. The van der Waals surface area contributed by atoms with E-state index in [9.17, 15) is 9.90 Å². The third-order valence-corrected chi connectivity index (χ3v) is 4.77. The van der Waals surface area contributed by atoms with Crippen LogP contribution in [0.5, 0.6) is 11.5 Å². The van der Waals surface area contributed by atoms with Gasteiger partial charge in [0.2, 0.25) is 0 Å². The molecule has 3 rings (SSSR count). The summed E-state index contributed by atoms with van der Waals surface area (Å²) in [6, 6.07) is 10.4. The van der Waals surface area contributed by atoms with E-state index in [1.54, 1.807) is 13.2 Å². The molecular weight excluding hydrogens is 366 g/mol. The maximum atomic E-state index is 12.0. The van der Waals surface area contributed by atoms with Crippen LogP contribution in [0.25, 0.3) is 11.0 Å². The standard InChI is InChI=1S/C21H22ClNO4/c1-4-13-8-17-14(9-21(25)27-20(17)10-18(13)24)11-23(2)12-15-7-16(22)5-6-19(15)26-3/h5-10,24H,4,11-12H2,1-3H3. The fraction of sp³-hybridized carbons (Fsp3) is 0.286. The molecule has 0 saturated carbocycles. The summed E-state index contributed by atoms with van der Waals surface area (Å²) in [6.45, 7) is 3.10. The molecule has 0 bridgehead atoms. The molecule has 1 heterocycles. The van der Waals surface area contributed by atoms with Crippen molar-refractivity contribution in [1.82, 2.24) is 4.90 Å². The average molecular weight is 388 g/mol. The van der Waals surface area contributed by atoms with E-state index in [4.69, 9.17) is 20.8 Å². The first-order valence-corrected chi connectivity index (χ1v) is 9.08. The number of phenolic OH excluding ortho intramolecular Hbond substituents is 1. The molecular formula is C21H22ClNO4. The number of hydrogen-bond acceptors (Lipinski definition) is 5. The number of nitrogens with zero attached hydrogens (tertiary/aromatic N) is 1. The van der Waals surface area contributed by atoms with E-state index in [1.165, 1.54) is 12.1 Å². The first-order valence-electron chi connectivity index (χ1n) is 8.70. The normalized spacial score (nSPS) is 11.3. The lowest BCUT2D eigenvalue weighted by Gasteiger charge is -2.19. The number of rotatable bonds is 6. The Hall–Kier alpha value is -2.50. The smallest absolute Gasteiger partial charge is 0.336 e. The molecule has 0 aliphatic heterocycles. The summed E-state index contributed by atoms with van der Waals surface area (Å²) in [5, 5.41) is 11.5. The van der Waals surface area contributed by atoms with Crippen LogP contribution >= 0.6 is 11.6 Å². The van der Waals surface area contributed by atoms with E-state index < -0.39 is 5.63 Å². The number of aryl methyl sites for hydroxylation is 1. The van der Waals surface area contributed by atoms with Crippen molar-refractivity contribution < 1.29 is 14.3 Å². The molecule has 6 heteroatoms. The minimum atomic E-state index is -0.435. The maximum Gasteiger partial charge on any atom is 0.336 e. The Morgan fingerprint density at radius 1 is 1.11 bits per heavy atom. The SMILES string of the molecule is CCc1cc2c(CN(C)Cc3cc(Cl)ccc3OC)cc(=O)oc2cc1O. The number of benzene rings is 2. The van der Waals surface area contributed by atoms with Gasteiger partial charge in [-0.1, -0.05) is 18.5 Å². The van der Waals surface area contributed by atoms with Gasteiger partial charge in [-0.3, -0.25) is 4.90 Å². The van der Waals surface area contributed by atoms with Crippen LogP contribution in [-0.2, 0) is 19.5 Å². The number of fused-ring (bicyclic) bond motifs is 1. The van der Waals surface area contributed by atoms with Crippen molar-refractivity contribution in [1.29, 1.82) is 0 Å². The lowest BCUT2D eigenvalue weighted by Crippen LogP contribution is -2.19. The molecule has 0 unspecified atom stereocenters. The summed E-state index contributed by atoms with van der Waals surface area (Å²) < 4.78 is 10.7. The molecule has 0 amide bonds. The molecule has 0 atom stereocenters. The second kappa shape index (κ2) is 8.03. The maximum absolute atomic E-state index is 12.0. The molecule has 1 N–H and O–H groups in total. The Balaban J connectivity index is 1.94. The number of aromatic hydroxyl groups is 1. The Labute approximate surface area is 162 Å². The van der Waals surface area contributed by atoms with E-state index in [0.717, 1.165) is 27.8 Å². The highest BCUT2D eigenvalue weighted by Gasteiger charge is 2.13. The topological polar surface area (TPSA) is 62.9 Å². The van der Waals surface area contributed by atoms with Gasteiger partial charge in [-0.2, -0.15) is 0 Å². The summed E-state index contributed by atoms with van der Waals surface area (Å²) in [7, 11) is 3.59. The van der Waals surface area contributed by atoms with Crippen molar-refractivity contribution in [3.8, 4) is 11.5 Å². The highest BCUT2D eigenvalue weighted by atomic mass is 35.5. The molecule has 0 spiro atoms. The average Bonchev–Trinajstić information content (AvgIpc) is 2.61. The van der Waals surface area contributed by atoms with Gasteiger partial charge in [-0.15, -0.1) is 0 Å². The summed E-state index contributed by atoms with van der Waals surface area (Å²) >= 11 is 6.11. The number of phenols is 1. The lowest BCUT2D eigenvalue weighted by molar-refractivity contribution is 0.310. The molecule has 27 heavy (non-hydrogen) atoms. The van der Waals surface area contributed by atoms with Crippen molar-refractivity contribution in [2.24, 2.45) is 0 Å². The van der Waals surface area contributed by atoms with Gasteiger partial charge in [-0.05, 0) is 48.9 Å². The van der Waals surface area contributed by atoms with Crippen LogP contribution in [0.3, 0.4) is 0 Å². The number of methoxy groups -OCH3 is 1. The van der Waals surface area contributed by atoms with Crippen LogP contribution in [0.1, 0.15) is 23.6 Å². The summed E-state index contributed by atoms with van der Waals surface area (Å²) in [4.78, 5) is 14.0. The first kappa shape index (κ1) is 19.3. The van der Waals surface area contributed by atoms with Crippen molar-refractivity contribution in [2.45, 2.75) is 26.4 Å². The van der Waals surface area contributed by atoms with Gasteiger partial charge in [0.1, 0.15) is 17.1 Å². The minimum absolute atomic E-state index is 0.141. The van der Waals surface area contributed by atoms with Gasteiger partial charge >= 0.3 is 5.63 Å². The van der Waals surface area contributed by atoms with E-state index in [-0.39, 0.29) is 5.75 Å². The zero-order valence-corrected chi connectivity index (χ0v) is 16.3. The van der Waals surface area contributed by atoms with Gasteiger partial charge < -0.3 is 14.3 Å². The van der Waals surface area contributed by atoms with Gasteiger partial charge in [0.15, 0.2) is 0 Å². The van der Waals surface area contributed by atoms with Gasteiger partial charge in [0.25, 0.3) is 0 Å². The van der Waals surface area contributed by atoms with Gasteiger partial charge in [0, 0.05) is 41.2 Å². The Kier molecular flexibility index (Phi) is 5.73. The van der Waals surface area contributed by atoms with E-state index >= 15 is 0 Å². The zero-order valence-electron chi connectivity index (χ0n) is 15.6. The largest absolute Gasteiger partial charge is 0.508 e. The van der Waals surface area contributed by atoms with Crippen molar-refractivity contribution in [2.75, 3.05) is 14.2 Å². The third-order valence-electron chi connectivity index (χ3n) is 4.53. The minimum Gasteiger partial charge on any atom is -0.508 e. The fourth-order valence-corrected chi connectivity index (χ4v) is 3.42. The predicted octanol–water partition coefficient (Wildman–Crippen LogP) is 4.36. The van der Waals surface area contributed by atoms with Crippen LogP contribution in [-0.4, -0.2) is 24.2 Å². The van der Waals surface area contributed by atoms with Crippen LogP contribution in [0, 0.1) is 0 Å². The van der Waals surface area contributed by atoms with Crippen LogP contribution < -0.4 is 10.4 Å². The van der Waals surface area contributed by atoms with Crippen LogP contribution in [0.15, 0.2) is 45.6 Å². The molecule has 0 aliphatic carbocycles. The Morgan fingerprint density at radius 3 is 2.56 bits per heavy atom. The van der Waals surface area contributed by atoms with Crippen LogP contribution in [0.4, 0.5) is 0 Å². The van der Waals surface area contributed by atoms with Gasteiger partial charge in [-0.25, -0.2) is 4.79 Å². The highest BCUT2D eigenvalue weighted by Crippen LogP contribution is 2.28. The van der Waals surface area contributed by atoms with Crippen molar-refractivity contribution in [3.05, 3.63) is 68.5 Å². The molecule has 5 nitrogen and oxygen atoms in total. The molecule has 1 aromatic heterocycles. The molecule has 2 aromatic carbocycles. The molecule has 0 radical (unpaired) electrons. The second-order valence-corrected chi connectivity index (χ2v) is 6.99. The fourth-order valence-electron chi connectivity index (χ4n) is 3.23. The number of hydrogen-bond donors (Lipinski definition) is 1. The summed E-state index contributed by atoms with van der Waals surface area (Å²) in [6.07, 6.45) is 0.690. The third kappa shape index (κ3) is 4.26. The van der Waals surface area contributed by atoms with Crippen molar-refractivity contribution in [3.63, 3.8) is 0 Å². The Morgan fingerprint density at radius 2 is 1.85 bits per heavy atom. The molecule has 3 aromatic rings.